The van der Waals surface area contributed by atoms with Crippen molar-refractivity contribution in [2.45, 2.75) is 0 Å². The maximum Gasteiger partial charge on any atom is 0.177 e. The molecule has 1 aliphatic rings. The van der Waals surface area contributed by atoms with Gasteiger partial charge in [0.1, 0.15) is 12.1 Å². The highest BCUT2D eigenvalue weighted by atomic mass is 79.9. The van der Waals surface area contributed by atoms with Crippen LogP contribution in [0.25, 0.3) is 33.3 Å². The third-order valence-corrected chi connectivity index (χ3v) is 4.02. The van der Waals surface area contributed by atoms with Gasteiger partial charge in [-0.05, 0) is 17.5 Å². The summed E-state index contributed by atoms with van der Waals surface area (Å²) in [5, 5.41) is 20.4. The molecule has 0 atom stereocenters. The topological polar surface area (TPSA) is 73.4 Å². The number of rotatable bonds is 0. The van der Waals surface area contributed by atoms with Gasteiger partial charge in [-0.1, -0.05) is 34.1 Å². The van der Waals surface area contributed by atoms with Crippen LogP contribution in [0.1, 0.15) is 11.4 Å². The first-order valence-electron chi connectivity index (χ1n) is 6.18. The van der Waals surface area contributed by atoms with Crippen molar-refractivity contribution in [2.24, 2.45) is 0 Å². The molecule has 1 heterocycles. The van der Waals surface area contributed by atoms with Crippen molar-refractivity contribution in [1.29, 1.82) is 10.5 Å². The van der Waals surface area contributed by atoms with Crippen LogP contribution in [0.3, 0.4) is 0 Å². The van der Waals surface area contributed by atoms with E-state index in [1.807, 2.05) is 42.5 Å². The molecule has 0 spiro atoms. The highest BCUT2D eigenvalue weighted by Gasteiger charge is 2.26. The predicted octanol–water partition coefficient (Wildman–Crippen LogP) is 3.78. The lowest BCUT2D eigenvalue weighted by Gasteiger charge is -2.02. The molecule has 4 rings (SSSR count). The lowest BCUT2D eigenvalue weighted by molar-refractivity contribution is 1.15. The molecule has 4 nitrogen and oxygen atoms in total. The van der Waals surface area contributed by atoms with E-state index in [1.54, 1.807) is 0 Å². The van der Waals surface area contributed by atoms with Crippen LogP contribution in [0.2, 0.25) is 0 Å². The molecule has 3 aromatic rings. The molecule has 0 unspecified atom stereocenters. The molecule has 0 aliphatic heterocycles. The molecule has 0 fully saturated rings. The van der Waals surface area contributed by atoms with Crippen LogP contribution in [-0.2, 0) is 0 Å². The Kier molecular flexibility index (Phi) is 2.35. The highest BCUT2D eigenvalue weighted by molar-refractivity contribution is 9.10. The van der Waals surface area contributed by atoms with Crippen LogP contribution in [-0.4, -0.2) is 9.97 Å². The van der Waals surface area contributed by atoms with Crippen LogP contribution in [0.4, 0.5) is 0 Å². The van der Waals surface area contributed by atoms with Gasteiger partial charge in [-0.25, -0.2) is 9.97 Å². The minimum absolute atomic E-state index is 0.0668. The van der Waals surface area contributed by atoms with E-state index in [-0.39, 0.29) is 11.4 Å². The predicted molar refractivity (Wildman–Crippen MR) is 81.1 cm³/mol. The second kappa shape index (κ2) is 4.12. The van der Waals surface area contributed by atoms with Crippen molar-refractivity contribution < 1.29 is 0 Å². The molecule has 0 radical (unpaired) electrons. The van der Waals surface area contributed by atoms with E-state index in [0.717, 1.165) is 26.4 Å². The number of nitriles is 2. The third kappa shape index (κ3) is 1.53. The summed E-state index contributed by atoms with van der Waals surface area (Å²) in [4.78, 5) is 8.71. The first-order valence-corrected chi connectivity index (χ1v) is 6.97. The zero-order valence-corrected chi connectivity index (χ0v) is 12.1. The second-order valence-corrected chi connectivity index (χ2v) is 5.61. The van der Waals surface area contributed by atoms with Gasteiger partial charge in [0.05, 0.1) is 11.4 Å². The number of fused-ring (bicyclic) bond motifs is 3. The Labute approximate surface area is 128 Å². The van der Waals surface area contributed by atoms with E-state index in [0.29, 0.717) is 11.4 Å². The van der Waals surface area contributed by atoms with Gasteiger partial charge in [-0.15, -0.1) is 0 Å². The Hall–Kier alpha value is -2.76. The molecule has 1 aliphatic carbocycles. The average molecular weight is 333 g/mol. The van der Waals surface area contributed by atoms with Crippen molar-refractivity contribution >= 4 is 26.7 Å². The maximum absolute atomic E-state index is 9.13. The Bertz CT molecular complexity index is 1030. The molecule has 0 saturated heterocycles. The summed E-state index contributed by atoms with van der Waals surface area (Å²) in [5.41, 5.74) is 3.37. The molecule has 21 heavy (non-hydrogen) atoms. The minimum atomic E-state index is 0.0668. The SMILES string of the molecule is N#Cc1nc2c(nc1C#N)-c1cc(Br)cc3cccc-2c13. The van der Waals surface area contributed by atoms with Crippen LogP contribution >= 0.6 is 15.9 Å². The number of hydrogen-bond donors (Lipinski definition) is 0. The molecular formula is C16H5BrN4. The number of hydrogen-bond acceptors (Lipinski definition) is 4. The maximum atomic E-state index is 9.13. The summed E-state index contributed by atoms with van der Waals surface area (Å²) < 4.78 is 0.944. The van der Waals surface area contributed by atoms with Gasteiger partial charge in [-0.3, -0.25) is 0 Å². The summed E-state index contributed by atoms with van der Waals surface area (Å²) in [6.45, 7) is 0. The van der Waals surface area contributed by atoms with Gasteiger partial charge >= 0.3 is 0 Å². The monoisotopic (exact) mass is 332 g/mol. The van der Waals surface area contributed by atoms with Crippen LogP contribution < -0.4 is 0 Å². The zero-order chi connectivity index (χ0) is 14.6. The first-order chi connectivity index (χ1) is 10.2. The molecule has 0 N–H and O–H groups in total. The number of aromatic nitrogens is 2. The lowest BCUT2D eigenvalue weighted by atomic mass is 10.0. The van der Waals surface area contributed by atoms with Gasteiger partial charge in [0.15, 0.2) is 11.4 Å². The van der Waals surface area contributed by atoms with Crippen LogP contribution in [0, 0.1) is 22.7 Å². The molecule has 5 heteroatoms. The van der Waals surface area contributed by atoms with Crippen LogP contribution in [0.5, 0.6) is 0 Å². The van der Waals surface area contributed by atoms with Gasteiger partial charge in [-0.2, -0.15) is 10.5 Å². The van der Waals surface area contributed by atoms with Crippen molar-refractivity contribution in [3.63, 3.8) is 0 Å². The quantitative estimate of drug-likeness (QED) is 0.491. The number of nitrogens with zero attached hydrogens (tertiary/aromatic N) is 4. The Morgan fingerprint density at radius 2 is 1.57 bits per heavy atom. The van der Waals surface area contributed by atoms with Crippen molar-refractivity contribution in [3.8, 4) is 34.7 Å². The van der Waals surface area contributed by atoms with E-state index < -0.39 is 0 Å². The van der Waals surface area contributed by atoms with E-state index in [2.05, 4.69) is 25.9 Å². The molecule has 1 aromatic heterocycles. The molecule has 2 aromatic carbocycles. The Morgan fingerprint density at radius 1 is 0.905 bits per heavy atom. The summed E-state index contributed by atoms with van der Waals surface area (Å²) in [6.07, 6.45) is 0. The largest absolute Gasteiger partial charge is 0.232 e. The number of benzene rings is 2. The number of halogens is 1. The fraction of sp³-hybridized carbons (Fsp3) is 0. The first kappa shape index (κ1) is 12.0. The zero-order valence-electron chi connectivity index (χ0n) is 10.6. The Morgan fingerprint density at radius 3 is 2.24 bits per heavy atom. The molecular weight excluding hydrogens is 328 g/mol. The Balaban J connectivity index is 2.21. The summed E-state index contributed by atoms with van der Waals surface area (Å²) >= 11 is 3.50. The van der Waals surface area contributed by atoms with Crippen molar-refractivity contribution in [3.05, 3.63) is 46.2 Å². The third-order valence-electron chi connectivity index (χ3n) is 3.56. The standard InChI is InChI=1S/C16H5BrN4/c17-9-4-8-2-1-3-10-14(8)11(5-9)16-15(10)20-12(6-18)13(7-19)21-16/h1-5H. The summed E-state index contributed by atoms with van der Waals surface area (Å²) in [5.74, 6) is 0. The van der Waals surface area contributed by atoms with Gasteiger partial charge < -0.3 is 0 Å². The lowest BCUT2D eigenvalue weighted by Crippen LogP contribution is -1.97. The highest BCUT2D eigenvalue weighted by Crippen LogP contribution is 2.46. The molecule has 0 saturated carbocycles. The van der Waals surface area contributed by atoms with Crippen LogP contribution in [0.15, 0.2) is 34.8 Å². The molecule has 96 valence electrons. The van der Waals surface area contributed by atoms with E-state index >= 15 is 0 Å². The summed E-state index contributed by atoms with van der Waals surface area (Å²) in [7, 11) is 0. The summed E-state index contributed by atoms with van der Waals surface area (Å²) in [6, 6.07) is 13.8. The molecule has 0 amide bonds. The fourth-order valence-electron chi connectivity index (χ4n) is 2.74. The van der Waals surface area contributed by atoms with Gasteiger partial charge in [0, 0.05) is 21.0 Å². The smallest absolute Gasteiger partial charge is 0.177 e. The molecule has 0 bridgehead atoms. The van der Waals surface area contributed by atoms with Gasteiger partial charge in [0.25, 0.3) is 0 Å². The van der Waals surface area contributed by atoms with E-state index in [9.17, 15) is 0 Å². The van der Waals surface area contributed by atoms with E-state index in [4.69, 9.17) is 10.5 Å². The average Bonchev–Trinajstić information content (AvgIpc) is 2.81. The van der Waals surface area contributed by atoms with E-state index in [1.165, 1.54) is 0 Å². The normalized spacial score (nSPS) is 11.0. The van der Waals surface area contributed by atoms with Gasteiger partial charge in [0.2, 0.25) is 0 Å². The van der Waals surface area contributed by atoms with Crippen molar-refractivity contribution in [2.75, 3.05) is 0 Å². The fourth-order valence-corrected chi connectivity index (χ4v) is 3.22. The second-order valence-electron chi connectivity index (χ2n) is 4.70. The van der Waals surface area contributed by atoms with Crippen molar-refractivity contribution in [1.82, 2.24) is 9.97 Å². The minimum Gasteiger partial charge on any atom is -0.232 e.